The summed E-state index contributed by atoms with van der Waals surface area (Å²) in [5.41, 5.74) is 2.07. The number of hydrogen-bond acceptors (Lipinski definition) is 3. The van der Waals surface area contributed by atoms with Crippen molar-refractivity contribution in [2.75, 3.05) is 5.32 Å². The molecule has 1 aromatic carbocycles. The average Bonchev–Trinajstić information content (AvgIpc) is 2.40. The van der Waals surface area contributed by atoms with Gasteiger partial charge in [0.1, 0.15) is 17.5 Å². The molecule has 1 atom stereocenters. The van der Waals surface area contributed by atoms with Crippen molar-refractivity contribution in [2.45, 2.75) is 46.1 Å². The maximum absolute atomic E-state index is 12.9. The number of benzene rings is 1. The zero-order valence-electron chi connectivity index (χ0n) is 13.0. The van der Waals surface area contributed by atoms with Gasteiger partial charge in [-0.3, -0.25) is 0 Å². The molecule has 4 heteroatoms. The van der Waals surface area contributed by atoms with Gasteiger partial charge in [0.25, 0.3) is 0 Å². The summed E-state index contributed by atoms with van der Waals surface area (Å²) in [6.07, 6.45) is 0.820. The van der Waals surface area contributed by atoms with Gasteiger partial charge in [-0.15, -0.1) is 0 Å². The summed E-state index contributed by atoms with van der Waals surface area (Å²) in [6.45, 7) is 8.24. The van der Waals surface area contributed by atoms with Crippen LogP contribution in [0.25, 0.3) is 0 Å². The minimum atomic E-state index is -0.202. The lowest BCUT2D eigenvalue weighted by Crippen LogP contribution is -2.19. The van der Waals surface area contributed by atoms with E-state index in [1.54, 1.807) is 0 Å². The molecule has 3 nitrogen and oxygen atoms in total. The molecule has 0 saturated heterocycles. The number of aryl methyl sites for hydroxylation is 1. The molecule has 2 aromatic rings. The normalized spacial score (nSPS) is 12.5. The van der Waals surface area contributed by atoms with Crippen LogP contribution in [0.3, 0.4) is 0 Å². The monoisotopic (exact) mass is 287 g/mol. The van der Waals surface area contributed by atoms with Crippen LogP contribution >= 0.6 is 0 Å². The third-order valence-electron chi connectivity index (χ3n) is 3.24. The summed E-state index contributed by atoms with van der Waals surface area (Å²) in [6, 6.07) is 8.79. The van der Waals surface area contributed by atoms with Crippen LogP contribution < -0.4 is 5.32 Å². The number of aromatic nitrogens is 2. The zero-order valence-corrected chi connectivity index (χ0v) is 13.0. The fourth-order valence-corrected chi connectivity index (χ4v) is 2.20. The Kier molecular flexibility index (Phi) is 4.89. The van der Waals surface area contributed by atoms with Crippen LogP contribution in [0.1, 0.15) is 43.8 Å². The highest BCUT2D eigenvalue weighted by Gasteiger charge is 2.09. The van der Waals surface area contributed by atoms with Gasteiger partial charge in [0.05, 0.1) is 0 Å². The Hall–Kier alpha value is -1.97. The quantitative estimate of drug-likeness (QED) is 0.900. The summed E-state index contributed by atoms with van der Waals surface area (Å²) in [5.74, 6) is 1.80. The number of nitrogens with one attached hydrogen (secondary N) is 1. The Balaban J connectivity index is 2.05. The fraction of sp³-hybridized carbons (Fsp3) is 0.412. The van der Waals surface area contributed by atoms with Crippen LogP contribution in [-0.4, -0.2) is 16.0 Å². The summed E-state index contributed by atoms with van der Waals surface area (Å²) in [7, 11) is 0. The topological polar surface area (TPSA) is 37.8 Å². The molecule has 21 heavy (non-hydrogen) atoms. The molecule has 2 rings (SSSR count). The molecule has 0 saturated carbocycles. The van der Waals surface area contributed by atoms with E-state index in [9.17, 15) is 4.39 Å². The summed E-state index contributed by atoms with van der Waals surface area (Å²) < 4.78 is 12.9. The van der Waals surface area contributed by atoms with Crippen molar-refractivity contribution in [1.29, 1.82) is 0 Å². The predicted octanol–water partition coefficient (Wildman–Crippen LogP) is 4.09. The van der Waals surface area contributed by atoms with E-state index in [1.165, 1.54) is 12.1 Å². The molecule has 0 bridgehead atoms. The maximum Gasteiger partial charge on any atom is 0.133 e. The largest absolute Gasteiger partial charge is 0.367 e. The molecule has 0 spiro atoms. The molecule has 1 N–H and O–H groups in total. The molecule has 1 unspecified atom stereocenters. The second kappa shape index (κ2) is 6.66. The van der Waals surface area contributed by atoms with E-state index >= 15 is 0 Å². The molecule has 0 aliphatic carbocycles. The maximum atomic E-state index is 12.9. The van der Waals surface area contributed by atoms with Crippen molar-refractivity contribution in [2.24, 2.45) is 0 Å². The molecule has 1 heterocycles. The van der Waals surface area contributed by atoms with Crippen molar-refractivity contribution >= 4 is 5.82 Å². The zero-order chi connectivity index (χ0) is 15.4. The molecule has 0 aliphatic heterocycles. The van der Waals surface area contributed by atoms with Crippen LogP contribution in [0.2, 0.25) is 0 Å². The second-order valence-electron chi connectivity index (χ2n) is 5.78. The third-order valence-corrected chi connectivity index (χ3v) is 3.24. The van der Waals surface area contributed by atoms with Crippen LogP contribution in [0.15, 0.2) is 30.3 Å². The molecule has 0 fully saturated rings. The Morgan fingerprint density at radius 1 is 1.10 bits per heavy atom. The lowest BCUT2D eigenvalue weighted by atomic mass is 10.1. The van der Waals surface area contributed by atoms with Crippen molar-refractivity contribution in [3.8, 4) is 0 Å². The van der Waals surface area contributed by atoms with Gasteiger partial charge in [0.2, 0.25) is 0 Å². The fourth-order valence-electron chi connectivity index (χ4n) is 2.20. The van der Waals surface area contributed by atoms with E-state index in [4.69, 9.17) is 0 Å². The highest BCUT2D eigenvalue weighted by Crippen LogP contribution is 2.15. The van der Waals surface area contributed by atoms with E-state index in [0.29, 0.717) is 5.92 Å². The first-order valence-electron chi connectivity index (χ1n) is 7.30. The highest BCUT2D eigenvalue weighted by molar-refractivity contribution is 5.37. The van der Waals surface area contributed by atoms with Crippen LogP contribution in [0, 0.1) is 12.7 Å². The molecule has 0 amide bonds. The first-order chi connectivity index (χ1) is 9.94. The molecule has 1 aromatic heterocycles. The van der Waals surface area contributed by atoms with Gasteiger partial charge in [-0.2, -0.15) is 0 Å². The van der Waals surface area contributed by atoms with Crippen LogP contribution in [-0.2, 0) is 6.42 Å². The molecular weight excluding hydrogens is 265 g/mol. The number of nitrogens with zero attached hydrogens (tertiary/aromatic N) is 2. The van der Waals surface area contributed by atoms with Crippen LogP contribution in [0.4, 0.5) is 10.2 Å². The molecule has 0 aliphatic rings. The van der Waals surface area contributed by atoms with E-state index in [1.807, 2.05) is 25.1 Å². The lowest BCUT2D eigenvalue weighted by molar-refractivity contribution is 0.626. The van der Waals surface area contributed by atoms with Crippen LogP contribution in [0.5, 0.6) is 0 Å². The smallest absolute Gasteiger partial charge is 0.133 e. The number of halogens is 1. The third kappa shape index (κ3) is 4.52. The van der Waals surface area contributed by atoms with Gasteiger partial charge < -0.3 is 5.32 Å². The van der Waals surface area contributed by atoms with Crippen molar-refractivity contribution in [1.82, 2.24) is 9.97 Å². The van der Waals surface area contributed by atoms with Gasteiger partial charge in [0.15, 0.2) is 0 Å². The van der Waals surface area contributed by atoms with Crippen molar-refractivity contribution in [3.63, 3.8) is 0 Å². The summed E-state index contributed by atoms with van der Waals surface area (Å²) in [4.78, 5) is 8.99. The van der Waals surface area contributed by atoms with Gasteiger partial charge >= 0.3 is 0 Å². The average molecular weight is 287 g/mol. The molecule has 0 radical (unpaired) electrons. The SMILES string of the molecule is Cc1cc(NC(C)Cc2ccc(F)cc2)nc(C(C)C)n1. The number of anilines is 1. The van der Waals surface area contributed by atoms with E-state index in [2.05, 4.69) is 36.1 Å². The Labute approximate surface area is 125 Å². The van der Waals surface area contributed by atoms with E-state index < -0.39 is 0 Å². The van der Waals surface area contributed by atoms with Gasteiger partial charge in [-0.1, -0.05) is 26.0 Å². The number of hydrogen-bond donors (Lipinski definition) is 1. The predicted molar refractivity (Wildman–Crippen MR) is 84.0 cm³/mol. The number of rotatable bonds is 5. The van der Waals surface area contributed by atoms with Crippen molar-refractivity contribution in [3.05, 3.63) is 53.2 Å². The lowest BCUT2D eigenvalue weighted by Gasteiger charge is -2.16. The molecular formula is C17H22FN3. The Morgan fingerprint density at radius 3 is 2.38 bits per heavy atom. The minimum absolute atomic E-state index is 0.202. The van der Waals surface area contributed by atoms with E-state index in [0.717, 1.165) is 29.3 Å². The van der Waals surface area contributed by atoms with Gasteiger partial charge in [-0.25, -0.2) is 14.4 Å². The Morgan fingerprint density at radius 2 is 1.76 bits per heavy atom. The van der Waals surface area contributed by atoms with E-state index in [-0.39, 0.29) is 11.9 Å². The second-order valence-corrected chi connectivity index (χ2v) is 5.78. The molecule has 112 valence electrons. The minimum Gasteiger partial charge on any atom is -0.367 e. The standard InChI is InChI=1S/C17H22FN3/c1-11(2)17-20-13(4)10-16(21-17)19-12(3)9-14-5-7-15(18)8-6-14/h5-8,10-12H,9H2,1-4H3,(H,19,20,21). The Bertz CT molecular complexity index is 593. The first-order valence-corrected chi connectivity index (χ1v) is 7.30. The highest BCUT2D eigenvalue weighted by atomic mass is 19.1. The first kappa shape index (κ1) is 15.4. The summed E-state index contributed by atoms with van der Waals surface area (Å²) in [5, 5.41) is 3.40. The summed E-state index contributed by atoms with van der Waals surface area (Å²) >= 11 is 0. The van der Waals surface area contributed by atoms with Gasteiger partial charge in [-0.05, 0) is 38.0 Å². The van der Waals surface area contributed by atoms with Crippen molar-refractivity contribution < 1.29 is 4.39 Å². The van der Waals surface area contributed by atoms with Gasteiger partial charge in [0, 0.05) is 23.7 Å².